The van der Waals surface area contributed by atoms with Crippen LogP contribution in [0.25, 0.3) is 10.6 Å². The lowest BCUT2D eigenvalue weighted by Crippen LogP contribution is -2.23. The topological polar surface area (TPSA) is 64.1 Å². The first-order chi connectivity index (χ1) is 14.3. The number of benzene rings is 2. The van der Waals surface area contributed by atoms with Crippen LogP contribution in [0.1, 0.15) is 21.6 Å². The van der Waals surface area contributed by atoms with E-state index in [0.717, 1.165) is 27.4 Å². The molecule has 1 amide bonds. The van der Waals surface area contributed by atoms with Gasteiger partial charge in [0.2, 0.25) is 0 Å². The number of nitrogens with zero attached hydrogens (tertiary/aromatic N) is 2. The molecule has 0 unspecified atom stereocenters. The van der Waals surface area contributed by atoms with Crippen LogP contribution in [-0.2, 0) is 13.2 Å². The van der Waals surface area contributed by atoms with E-state index in [1.165, 1.54) is 11.3 Å². The Kier molecular flexibility index (Phi) is 5.92. The first-order valence-electron chi connectivity index (χ1n) is 9.18. The third kappa shape index (κ3) is 4.86. The zero-order valence-electron chi connectivity index (χ0n) is 15.6. The Morgan fingerprint density at radius 2 is 1.69 bits per heavy atom. The molecule has 2 aromatic heterocycles. The third-order valence-electron chi connectivity index (χ3n) is 4.29. The normalized spacial score (nSPS) is 10.5. The molecule has 0 atom stereocenters. The van der Waals surface area contributed by atoms with Gasteiger partial charge in [0.15, 0.2) is 0 Å². The number of para-hydroxylation sites is 1. The predicted molar refractivity (Wildman–Crippen MR) is 114 cm³/mol. The van der Waals surface area contributed by atoms with Gasteiger partial charge >= 0.3 is 0 Å². The molecule has 144 valence electrons. The van der Waals surface area contributed by atoms with Gasteiger partial charge in [-0.25, -0.2) is 4.98 Å². The number of rotatable bonds is 7. The van der Waals surface area contributed by atoms with Crippen molar-refractivity contribution in [2.75, 3.05) is 0 Å². The van der Waals surface area contributed by atoms with Gasteiger partial charge in [0, 0.05) is 24.3 Å². The summed E-state index contributed by atoms with van der Waals surface area (Å²) in [4.78, 5) is 20.9. The van der Waals surface area contributed by atoms with Crippen molar-refractivity contribution in [1.82, 2.24) is 15.3 Å². The quantitative estimate of drug-likeness (QED) is 0.487. The van der Waals surface area contributed by atoms with Crippen molar-refractivity contribution in [3.05, 3.63) is 101 Å². The summed E-state index contributed by atoms with van der Waals surface area (Å²) in [5.41, 5.74) is 3.36. The Balaban J connectivity index is 1.45. The zero-order chi connectivity index (χ0) is 19.9. The Morgan fingerprint density at radius 1 is 0.931 bits per heavy atom. The van der Waals surface area contributed by atoms with E-state index in [1.807, 2.05) is 66.7 Å². The van der Waals surface area contributed by atoms with Crippen molar-refractivity contribution >= 4 is 17.2 Å². The first kappa shape index (κ1) is 18.8. The van der Waals surface area contributed by atoms with Gasteiger partial charge in [0.05, 0.1) is 5.56 Å². The van der Waals surface area contributed by atoms with Gasteiger partial charge in [0.1, 0.15) is 23.1 Å². The predicted octanol–water partition coefficient (Wildman–Crippen LogP) is 4.71. The average molecular weight is 401 g/mol. The minimum absolute atomic E-state index is 0.202. The number of pyridine rings is 1. The summed E-state index contributed by atoms with van der Waals surface area (Å²) in [7, 11) is 0. The number of thiazole rings is 1. The molecular formula is C23H19N3O2S. The van der Waals surface area contributed by atoms with E-state index in [9.17, 15) is 4.79 Å². The molecule has 0 aliphatic rings. The number of ether oxygens (including phenoxy) is 1. The molecule has 1 N–H and O–H groups in total. The molecule has 6 heteroatoms. The van der Waals surface area contributed by atoms with Crippen LogP contribution >= 0.6 is 11.3 Å². The highest BCUT2D eigenvalue weighted by Crippen LogP contribution is 2.32. The molecule has 4 rings (SSSR count). The lowest BCUT2D eigenvalue weighted by atomic mass is 10.2. The van der Waals surface area contributed by atoms with Crippen LogP contribution in [0.4, 0.5) is 0 Å². The summed E-state index contributed by atoms with van der Waals surface area (Å²) >= 11 is 1.43. The number of carbonyl (C=O) groups excluding carboxylic acids is 1. The van der Waals surface area contributed by atoms with E-state index >= 15 is 0 Å². The largest absolute Gasteiger partial charge is 0.488 e. The molecule has 2 heterocycles. The molecule has 0 aliphatic carbocycles. The molecule has 0 saturated heterocycles. The molecule has 5 nitrogen and oxygen atoms in total. The molecule has 0 aliphatic heterocycles. The van der Waals surface area contributed by atoms with Crippen LogP contribution < -0.4 is 10.1 Å². The molecule has 29 heavy (non-hydrogen) atoms. The summed E-state index contributed by atoms with van der Waals surface area (Å²) in [6.45, 7) is 0.910. The minimum Gasteiger partial charge on any atom is -0.488 e. The lowest BCUT2D eigenvalue weighted by molar-refractivity contribution is 0.0946. The van der Waals surface area contributed by atoms with Crippen LogP contribution in [0.15, 0.2) is 84.5 Å². The Bertz CT molecular complexity index is 1080. The van der Waals surface area contributed by atoms with Crippen molar-refractivity contribution in [1.29, 1.82) is 0 Å². The van der Waals surface area contributed by atoms with Crippen LogP contribution in [0, 0.1) is 0 Å². The highest BCUT2D eigenvalue weighted by Gasteiger charge is 2.14. The lowest BCUT2D eigenvalue weighted by Gasteiger charge is -2.10. The van der Waals surface area contributed by atoms with E-state index in [4.69, 9.17) is 4.74 Å². The molecule has 0 radical (unpaired) electrons. The SMILES string of the molecule is O=C(NCc1ccncc1)c1csc(-c2ccccc2OCc2ccccc2)n1. The second-order valence-electron chi connectivity index (χ2n) is 6.35. The summed E-state index contributed by atoms with van der Waals surface area (Å²) in [6, 6.07) is 21.5. The first-order valence-corrected chi connectivity index (χ1v) is 10.1. The summed E-state index contributed by atoms with van der Waals surface area (Å²) in [6.07, 6.45) is 3.41. The minimum atomic E-state index is -0.202. The van der Waals surface area contributed by atoms with Gasteiger partial charge in [-0.2, -0.15) is 0 Å². The van der Waals surface area contributed by atoms with Gasteiger partial charge in [-0.15, -0.1) is 11.3 Å². The van der Waals surface area contributed by atoms with Crippen LogP contribution in [0.5, 0.6) is 5.75 Å². The molecule has 0 bridgehead atoms. The van der Waals surface area contributed by atoms with Crippen LogP contribution in [0.3, 0.4) is 0 Å². The molecule has 4 aromatic rings. The maximum atomic E-state index is 12.4. The van der Waals surface area contributed by atoms with Crippen LogP contribution in [0.2, 0.25) is 0 Å². The van der Waals surface area contributed by atoms with E-state index in [0.29, 0.717) is 18.8 Å². The van der Waals surface area contributed by atoms with Crippen molar-refractivity contribution in [3.8, 4) is 16.3 Å². The average Bonchev–Trinajstić information content (AvgIpc) is 3.28. The van der Waals surface area contributed by atoms with E-state index in [1.54, 1.807) is 17.8 Å². The van der Waals surface area contributed by atoms with Crippen molar-refractivity contribution in [2.24, 2.45) is 0 Å². The van der Waals surface area contributed by atoms with Crippen molar-refractivity contribution < 1.29 is 9.53 Å². The molecule has 0 saturated carbocycles. The number of hydrogen-bond donors (Lipinski definition) is 1. The fourth-order valence-corrected chi connectivity index (χ4v) is 3.61. The maximum absolute atomic E-state index is 12.4. The van der Waals surface area contributed by atoms with Crippen molar-refractivity contribution in [3.63, 3.8) is 0 Å². The van der Waals surface area contributed by atoms with Gasteiger partial charge in [-0.1, -0.05) is 42.5 Å². The Labute approximate surface area is 173 Å². The second kappa shape index (κ2) is 9.12. The van der Waals surface area contributed by atoms with Gasteiger partial charge in [-0.3, -0.25) is 9.78 Å². The van der Waals surface area contributed by atoms with E-state index in [2.05, 4.69) is 15.3 Å². The monoisotopic (exact) mass is 401 g/mol. The van der Waals surface area contributed by atoms with Gasteiger partial charge in [0.25, 0.3) is 5.91 Å². The molecular weight excluding hydrogens is 382 g/mol. The standard InChI is InChI=1S/C23H19N3O2S/c27-22(25-14-17-10-12-24-13-11-17)20-16-29-23(26-20)19-8-4-5-9-21(19)28-15-18-6-2-1-3-7-18/h1-13,16H,14-15H2,(H,25,27). The van der Waals surface area contributed by atoms with E-state index in [-0.39, 0.29) is 5.91 Å². The van der Waals surface area contributed by atoms with Crippen molar-refractivity contribution in [2.45, 2.75) is 13.2 Å². The number of hydrogen-bond acceptors (Lipinski definition) is 5. The van der Waals surface area contributed by atoms with E-state index < -0.39 is 0 Å². The number of aromatic nitrogens is 2. The summed E-state index contributed by atoms with van der Waals surface area (Å²) in [5.74, 6) is 0.543. The Morgan fingerprint density at radius 3 is 2.52 bits per heavy atom. The maximum Gasteiger partial charge on any atom is 0.271 e. The number of amides is 1. The number of nitrogens with one attached hydrogen (secondary N) is 1. The molecule has 2 aromatic carbocycles. The fourth-order valence-electron chi connectivity index (χ4n) is 2.78. The number of carbonyl (C=O) groups is 1. The smallest absolute Gasteiger partial charge is 0.271 e. The summed E-state index contributed by atoms with van der Waals surface area (Å²) in [5, 5.41) is 5.41. The Hall–Kier alpha value is -3.51. The second-order valence-corrected chi connectivity index (χ2v) is 7.20. The van der Waals surface area contributed by atoms with Crippen LogP contribution in [-0.4, -0.2) is 15.9 Å². The zero-order valence-corrected chi connectivity index (χ0v) is 16.4. The third-order valence-corrected chi connectivity index (χ3v) is 5.17. The van der Waals surface area contributed by atoms with Gasteiger partial charge < -0.3 is 10.1 Å². The highest BCUT2D eigenvalue weighted by atomic mass is 32.1. The van der Waals surface area contributed by atoms with Gasteiger partial charge in [-0.05, 0) is 35.4 Å². The highest BCUT2D eigenvalue weighted by molar-refractivity contribution is 7.13. The fraction of sp³-hybridized carbons (Fsp3) is 0.0870. The summed E-state index contributed by atoms with van der Waals surface area (Å²) < 4.78 is 6.01. The molecule has 0 spiro atoms. The molecule has 0 fully saturated rings.